The lowest BCUT2D eigenvalue weighted by Gasteiger charge is -2.40. The van der Waals surface area contributed by atoms with Crippen molar-refractivity contribution in [3.63, 3.8) is 0 Å². The van der Waals surface area contributed by atoms with E-state index in [1.165, 1.54) is 20.0 Å². The maximum Gasteiger partial charge on any atom is 0.332 e. The summed E-state index contributed by atoms with van der Waals surface area (Å²) in [7, 11) is -2.42. The number of amides is 1. The van der Waals surface area contributed by atoms with Crippen LogP contribution in [-0.2, 0) is 37.5 Å². The van der Waals surface area contributed by atoms with E-state index in [-0.39, 0.29) is 31.7 Å². The summed E-state index contributed by atoms with van der Waals surface area (Å²) >= 11 is 0. The molecule has 10 nitrogen and oxygen atoms in total. The fourth-order valence-corrected chi connectivity index (χ4v) is 5.84. The molecule has 2 aliphatic heterocycles. The first kappa shape index (κ1) is 25.8. The van der Waals surface area contributed by atoms with Gasteiger partial charge in [0.15, 0.2) is 6.10 Å². The fraction of sp³-hybridized carbons (Fsp3) is 0.850. The van der Waals surface area contributed by atoms with Crippen molar-refractivity contribution in [1.29, 1.82) is 0 Å². The molecule has 2 heterocycles. The van der Waals surface area contributed by atoms with E-state index < -0.39 is 36.9 Å². The number of nitrogens with zero attached hydrogens (tertiary/aromatic N) is 1. The lowest BCUT2D eigenvalue weighted by atomic mass is 9.87. The summed E-state index contributed by atoms with van der Waals surface area (Å²) in [6.07, 6.45) is 1.18. The number of hydrogen-bond acceptors (Lipinski definition) is 9. The van der Waals surface area contributed by atoms with Gasteiger partial charge in [0.05, 0.1) is 32.2 Å². The molecule has 31 heavy (non-hydrogen) atoms. The Morgan fingerprint density at radius 1 is 1.26 bits per heavy atom. The summed E-state index contributed by atoms with van der Waals surface area (Å²) < 4.78 is 33.8. The largest absolute Gasteiger partial charge is 0.469 e. The third kappa shape index (κ3) is 7.86. The van der Waals surface area contributed by atoms with Crippen LogP contribution in [0, 0.1) is 11.3 Å². The molecule has 2 rings (SSSR count). The highest BCUT2D eigenvalue weighted by atomic mass is 31.2. The van der Waals surface area contributed by atoms with Gasteiger partial charge in [0, 0.05) is 18.5 Å². The van der Waals surface area contributed by atoms with Gasteiger partial charge in [0.1, 0.15) is 6.61 Å². The molecule has 0 aromatic rings. The van der Waals surface area contributed by atoms with Crippen molar-refractivity contribution < 1.29 is 37.5 Å². The summed E-state index contributed by atoms with van der Waals surface area (Å²) in [5, 5.41) is 2.65. The first-order valence-corrected chi connectivity index (χ1v) is 12.4. The summed E-state index contributed by atoms with van der Waals surface area (Å²) in [6.45, 7) is 8.34. The number of ether oxygens (including phenoxy) is 2. The van der Waals surface area contributed by atoms with Crippen LogP contribution >= 0.6 is 7.60 Å². The van der Waals surface area contributed by atoms with E-state index in [0.29, 0.717) is 6.61 Å². The number of carbonyl (C=O) groups excluding carboxylic acids is 3. The molecule has 0 aromatic heterocycles. The Balaban J connectivity index is 1.79. The molecule has 0 radical (unpaired) electrons. The van der Waals surface area contributed by atoms with Gasteiger partial charge in [-0.1, -0.05) is 20.8 Å². The van der Waals surface area contributed by atoms with Gasteiger partial charge in [0.25, 0.3) is 0 Å². The van der Waals surface area contributed by atoms with E-state index in [1.807, 2.05) is 0 Å². The Labute approximate surface area is 183 Å². The van der Waals surface area contributed by atoms with Crippen LogP contribution in [0.15, 0.2) is 0 Å². The molecule has 3 atom stereocenters. The van der Waals surface area contributed by atoms with Crippen LogP contribution in [0.2, 0.25) is 0 Å². The van der Waals surface area contributed by atoms with E-state index in [2.05, 4.69) is 15.0 Å². The Bertz CT molecular complexity index is 693. The second kappa shape index (κ2) is 11.4. The third-order valence-corrected chi connectivity index (χ3v) is 7.50. The van der Waals surface area contributed by atoms with Gasteiger partial charge in [0.2, 0.25) is 5.91 Å². The van der Waals surface area contributed by atoms with Crippen LogP contribution in [-0.4, -0.2) is 81.5 Å². The van der Waals surface area contributed by atoms with E-state index in [0.717, 1.165) is 19.6 Å². The van der Waals surface area contributed by atoms with Crippen molar-refractivity contribution in [1.82, 2.24) is 10.2 Å². The van der Waals surface area contributed by atoms with Gasteiger partial charge in [-0.15, -0.1) is 0 Å². The minimum absolute atomic E-state index is 0.0342. The zero-order valence-corrected chi connectivity index (χ0v) is 19.8. The lowest BCUT2D eigenvalue weighted by Crippen LogP contribution is -2.50. The van der Waals surface area contributed by atoms with Crippen molar-refractivity contribution in [2.45, 2.75) is 46.1 Å². The third-order valence-electron chi connectivity index (χ3n) is 5.45. The van der Waals surface area contributed by atoms with Crippen molar-refractivity contribution in [2.75, 3.05) is 52.7 Å². The quantitative estimate of drug-likeness (QED) is 0.381. The van der Waals surface area contributed by atoms with Gasteiger partial charge < -0.3 is 19.3 Å². The highest BCUT2D eigenvalue weighted by molar-refractivity contribution is 7.54. The number of methoxy groups -OCH3 is 1. The fourth-order valence-electron chi connectivity index (χ4n) is 3.53. The Morgan fingerprint density at radius 2 is 1.94 bits per heavy atom. The first-order chi connectivity index (χ1) is 14.6. The zero-order valence-electron chi connectivity index (χ0n) is 18.9. The minimum atomic E-state index is -3.66. The van der Waals surface area contributed by atoms with Crippen LogP contribution in [0.1, 0.15) is 40.0 Å². The molecular formula is C20H35N2O8P. The van der Waals surface area contributed by atoms with Crippen molar-refractivity contribution >= 4 is 25.4 Å². The molecule has 0 saturated carbocycles. The monoisotopic (exact) mass is 462 g/mol. The van der Waals surface area contributed by atoms with Crippen LogP contribution < -0.4 is 5.32 Å². The van der Waals surface area contributed by atoms with E-state index in [4.69, 9.17) is 13.8 Å². The number of carbonyl (C=O) groups is 3. The number of esters is 2. The molecule has 0 aliphatic carbocycles. The van der Waals surface area contributed by atoms with Crippen molar-refractivity contribution in [3.05, 3.63) is 0 Å². The average Bonchev–Trinajstić information content (AvgIpc) is 3.22. The summed E-state index contributed by atoms with van der Waals surface area (Å²) in [6, 6.07) is 0. The smallest absolute Gasteiger partial charge is 0.332 e. The predicted molar refractivity (Wildman–Crippen MR) is 113 cm³/mol. The van der Waals surface area contributed by atoms with Gasteiger partial charge in [-0.25, -0.2) is 0 Å². The number of nitrogens with one attached hydrogen (secondary N) is 1. The Hall–Kier alpha value is -1.48. The second-order valence-corrected chi connectivity index (χ2v) is 10.8. The topological polar surface area (TPSA) is 120 Å². The predicted octanol–water partition coefficient (Wildman–Crippen LogP) is 1.58. The maximum atomic E-state index is 13.0. The summed E-state index contributed by atoms with van der Waals surface area (Å²) in [4.78, 5) is 38.5. The lowest BCUT2D eigenvalue weighted by molar-refractivity contribution is -0.144. The SMILES string of the molecule is COC(=O)[C@H](C)CP1(=O)OCC(C)(C)[C@H](C(=O)NCCC(=O)OCCN2CCCC2)O1. The van der Waals surface area contributed by atoms with Crippen LogP contribution in [0.3, 0.4) is 0 Å². The van der Waals surface area contributed by atoms with Crippen LogP contribution in [0.25, 0.3) is 0 Å². The molecule has 2 fully saturated rings. The first-order valence-electron chi connectivity index (χ1n) is 10.7. The van der Waals surface area contributed by atoms with Crippen LogP contribution in [0.4, 0.5) is 0 Å². The number of hydrogen-bond donors (Lipinski definition) is 1. The molecule has 2 aliphatic rings. The maximum absolute atomic E-state index is 13.0. The highest BCUT2D eigenvalue weighted by Crippen LogP contribution is 2.57. The molecule has 2 saturated heterocycles. The normalized spacial score (nSPS) is 26.8. The van der Waals surface area contributed by atoms with Gasteiger partial charge in [-0.05, 0) is 25.9 Å². The van der Waals surface area contributed by atoms with Crippen LogP contribution in [0.5, 0.6) is 0 Å². The van der Waals surface area contributed by atoms with E-state index >= 15 is 0 Å². The molecule has 1 amide bonds. The number of likely N-dealkylation sites (tertiary alicyclic amines) is 1. The van der Waals surface area contributed by atoms with E-state index in [9.17, 15) is 18.9 Å². The Morgan fingerprint density at radius 3 is 2.58 bits per heavy atom. The summed E-state index contributed by atoms with van der Waals surface area (Å²) in [5.74, 6) is -2.10. The molecule has 0 aromatic carbocycles. The average molecular weight is 462 g/mol. The number of rotatable bonds is 10. The molecule has 11 heteroatoms. The second-order valence-electron chi connectivity index (χ2n) is 8.78. The molecule has 0 spiro atoms. The van der Waals surface area contributed by atoms with Crippen molar-refractivity contribution in [2.24, 2.45) is 11.3 Å². The molecule has 1 unspecified atom stereocenters. The van der Waals surface area contributed by atoms with Gasteiger partial charge in [-0.3, -0.25) is 28.4 Å². The Kier molecular flexibility index (Phi) is 9.48. The molecular weight excluding hydrogens is 427 g/mol. The highest BCUT2D eigenvalue weighted by Gasteiger charge is 2.48. The standard InChI is InChI=1S/C20H35N2O8P/c1-15(19(25)27-4)13-31(26)29-14-20(2,3)17(30-31)18(24)21-8-7-16(23)28-12-11-22-9-5-6-10-22/h15,17H,5-14H2,1-4H3,(H,21,24)/t15-,17+,31?/m1/s1. The van der Waals surface area contributed by atoms with Gasteiger partial charge >= 0.3 is 19.5 Å². The molecule has 0 bridgehead atoms. The van der Waals surface area contributed by atoms with Gasteiger partial charge in [-0.2, -0.15) is 0 Å². The molecule has 178 valence electrons. The van der Waals surface area contributed by atoms with E-state index in [1.54, 1.807) is 20.8 Å². The molecule has 1 N–H and O–H groups in total. The minimum Gasteiger partial charge on any atom is -0.469 e. The van der Waals surface area contributed by atoms with Crippen molar-refractivity contribution in [3.8, 4) is 0 Å². The summed E-state index contributed by atoms with van der Waals surface area (Å²) in [5.41, 5.74) is -0.733. The zero-order chi connectivity index (χ0) is 23.1.